The van der Waals surface area contributed by atoms with E-state index in [9.17, 15) is 9.59 Å². The van der Waals surface area contributed by atoms with Crippen LogP contribution in [-0.2, 0) is 9.59 Å². The van der Waals surface area contributed by atoms with Gasteiger partial charge >= 0.3 is 11.8 Å². The minimum atomic E-state index is -1.08. The lowest BCUT2D eigenvalue weighted by atomic mass is 10.3. The summed E-state index contributed by atoms with van der Waals surface area (Å²) in [7, 11) is 0. The van der Waals surface area contributed by atoms with Crippen LogP contribution in [0.4, 0.5) is 0 Å². The van der Waals surface area contributed by atoms with Crippen molar-refractivity contribution in [3.05, 3.63) is 24.2 Å². The summed E-state index contributed by atoms with van der Waals surface area (Å²) < 4.78 is 4.99. The Morgan fingerprint density at radius 2 is 2.29 bits per heavy atom. The Morgan fingerprint density at radius 3 is 2.79 bits per heavy atom. The Hall–Kier alpha value is -2.11. The van der Waals surface area contributed by atoms with E-state index in [1.165, 1.54) is 6.26 Å². The van der Waals surface area contributed by atoms with E-state index in [1.807, 2.05) is 5.43 Å². The number of furan rings is 1. The zero-order chi connectivity index (χ0) is 10.6. The summed E-state index contributed by atoms with van der Waals surface area (Å²) in [5.74, 6) is -1.54. The van der Waals surface area contributed by atoms with Crippen molar-refractivity contribution in [3.63, 3.8) is 0 Å². The van der Waals surface area contributed by atoms with E-state index in [-0.39, 0.29) is 0 Å². The van der Waals surface area contributed by atoms with Crippen LogP contribution >= 0.6 is 0 Å². The second-order valence-electron chi connectivity index (χ2n) is 2.48. The second kappa shape index (κ2) is 4.22. The van der Waals surface area contributed by atoms with E-state index < -0.39 is 11.8 Å². The first kappa shape index (κ1) is 9.97. The lowest BCUT2D eigenvalue weighted by molar-refractivity contribution is -0.137. The van der Waals surface area contributed by atoms with Crippen molar-refractivity contribution in [2.75, 3.05) is 0 Å². The van der Waals surface area contributed by atoms with Crippen molar-refractivity contribution in [2.45, 2.75) is 6.92 Å². The lowest BCUT2D eigenvalue weighted by Gasteiger charge is -1.96. The highest BCUT2D eigenvalue weighted by molar-refractivity contribution is 6.34. The molecule has 0 fully saturated rings. The molecule has 0 saturated carbocycles. The Bertz CT molecular complexity index is 367. The average Bonchev–Trinajstić information content (AvgIpc) is 2.66. The SMILES string of the molecule is C/C(=N\NC(=O)C(N)=O)c1ccco1. The summed E-state index contributed by atoms with van der Waals surface area (Å²) in [4.78, 5) is 21.0. The van der Waals surface area contributed by atoms with E-state index in [0.717, 1.165) is 0 Å². The molecule has 74 valence electrons. The first-order valence-corrected chi connectivity index (χ1v) is 3.79. The van der Waals surface area contributed by atoms with E-state index in [4.69, 9.17) is 10.2 Å². The molecule has 0 atom stereocenters. The van der Waals surface area contributed by atoms with Gasteiger partial charge in [-0.2, -0.15) is 5.10 Å². The topological polar surface area (TPSA) is 97.7 Å². The number of carbonyl (C=O) groups is 2. The van der Waals surface area contributed by atoms with Crippen LogP contribution < -0.4 is 11.2 Å². The third-order valence-corrected chi connectivity index (χ3v) is 1.43. The van der Waals surface area contributed by atoms with Gasteiger partial charge in [0.15, 0.2) is 0 Å². The molecule has 1 aromatic rings. The van der Waals surface area contributed by atoms with E-state index in [2.05, 4.69) is 5.10 Å². The normalized spacial score (nSPS) is 11.1. The Morgan fingerprint density at radius 1 is 1.57 bits per heavy atom. The maximum Gasteiger partial charge on any atom is 0.329 e. The molecule has 0 bridgehead atoms. The Kier molecular flexibility index (Phi) is 3.01. The quantitative estimate of drug-likeness (QED) is 0.382. The number of nitrogens with one attached hydrogen (secondary N) is 1. The molecule has 0 unspecified atom stereocenters. The second-order valence-corrected chi connectivity index (χ2v) is 2.48. The molecule has 6 nitrogen and oxygen atoms in total. The number of hydrogen-bond donors (Lipinski definition) is 2. The number of carbonyl (C=O) groups excluding carboxylic acids is 2. The number of rotatable bonds is 2. The molecule has 1 heterocycles. The first-order valence-electron chi connectivity index (χ1n) is 3.79. The fraction of sp³-hybridized carbons (Fsp3) is 0.125. The summed E-state index contributed by atoms with van der Waals surface area (Å²) in [6.45, 7) is 1.63. The van der Waals surface area contributed by atoms with Gasteiger partial charge in [0.1, 0.15) is 11.5 Å². The number of primary amides is 1. The van der Waals surface area contributed by atoms with Gasteiger partial charge in [-0.25, -0.2) is 5.43 Å². The van der Waals surface area contributed by atoms with Crippen LogP contribution in [0.1, 0.15) is 12.7 Å². The molecule has 0 aliphatic heterocycles. The Balaban J connectivity index is 2.62. The molecule has 0 spiro atoms. The Labute approximate surface area is 79.8 Å². The molecule has 1 aromatic heterocycles. The summed E-state index contributed by atoms with van der Waals surface area (Å²) in [6.07, 6.45) is 1.48. The molecule has 14 heavy (non-hydrogen) atoms. The van der Waals surface area contributed by atoms with E-state index in [0.29, 0.717) is 11.5 Å². The predicted octanol–water partition coefficient (Wildman–Crippen LogP) is -0.395. The molecular weight excluding hydrogens is 186 g/mol. The van der Waals surface area contributed by atoms with Crippen molar-refractivity contribution < 1.29 is 14.0 Å². The molecule has 2 amide bonds. The number of nitrogens with two attached hydrogens (primary N) is 1. The van der Waals surface area contributed by atoms with Crippen LogP contribution in [0, 0.1) is 0 Å². The molecular formula is C8H9N3O3. The average molecular weight is 195 g/mol. The summed E-state index contributed by atoms with van der Waals surface area (Å²) >= 11 is 0. The van der Waals surface area contributed by atoms with Crippen LogP contribution in [0.2, 0.25) is 0 Å². The van der Waals surface area contributed by atoms with Gasteiger partial charge in [-0.1, -0.05) is 0 Å². The minimum Gasteiger partial charge on any atom is -0.463 e. The smallest absolute Gasteiger partial charge is 0.329 e. The molecule has 0 aromatic carbocycles. The molecule has 0 saturated heterocycles. The molecule has 0 radical (unpaired) electrons. The zero-order valence-corrected chi connectivity index (χ0v) is 7.48. The molecule has 0 aliphatic rings. The fourth-order valence-corrected chi connectivity index (χ4v) is 0.729. The predicted molar refractivity (Wildman–Crippen MR) is 48.3 cm³/mol. The highest BCUT2D eigenvalue weighted by Crippen LogP contribution is 2.00. The molecule has 6 heteroatoms. The van der Waals surface area contributed by atoms with Crippen LogP contribution in [0.5, 0.6) is 0 Å². The summed E-state index contributed by atoms with van der Waals surface area (Å²) in [6, 6.07) is 3.36. The lowest BCUT2D eigenvalue weighted by Crippen LogP contribution is -2.33. The van der Waals surface area contributed by atoms with Crippen LogP contribution in [0.3, 0.4) is 0 Å². The molecule has 1 rings (SSSR count). The van der Waals surface area contributed by atoms with Crippen LogP contribution in [-0.4, -0.2) is 17.5 Å². The van der Waals surface area contributed by atoms with Crippen LogP contribution in [0.25, 0.3) is 0 Å². The number of amides is 2. The van der Waals surface area contributed by atoms with E-state index in [1.54, 1.807) is 19.1 Å². The number of nitrogens with zero attached hydrogens (tertiary/aromatic N) is 1. The van der Waals surface area contributed by atoms with Gasteiger partial charge in [0.05, 0.1) is 6.26 Å². The summed E-state index contributed by atoms with van der Waals surface area (Å²) in [5, 5.41) is 3.61. The highest BCUT2D eigenvalue weighted by Gasteiger charge is 2.07. The van der Waals surface area contributed by atoms with Crippen molar-refractivity contribution in [1.29, 1.82) is 0 Å². The van der Waals surface area contributed by atoms with Gasteiger partial charge in [-0.05, 0) is 19.1 Å². The molecule has 0 aliphatic carbocycles. The largest absolute Gasteiger partial charge is 0.463 e. The van der Waals surface area contributed by atoms with Gasteiger partial charge < -0.3 is 10.2 Å². The third kappa shape index (κ3) is 2.44. The zero-order valence-electron chi connectivity index (χ0n) is 7.48. The number of hydrazone groups is 1. The van der Waals surface area contributed by atoms with Crippen molar-refractivity contribution in [2.24, 2.45) is 10.8 Å². The maximum absolute atomic E-state index is 10.7. The summed E-state index contributed by atoms with van der Waals surface area (Å²) in [5.41, 5.74) is 7.13. The highest BCUT2D eigenvalue weighted by atomic mass is 16.3. The van der Waals surface area contributed by atoms with Gasteiger partial charge in [-0.15, -0.1) is 0 Å². The van der Waals surface area contributed by atoms with Crippen molar-refractivity contribution in [3.8, 4) is 0 Å². The standard InChI is InChI=1S/C8H9N3O3/c1-5(6-3-2-4-14-6)10-11-8(13)7(9)12/h2-4H,1H3,(H2,9,12)(H,11,13)/b10-5+. The van der Waals surface area contributed by atoms with Gasteiger partial charge in [-0.3, -0.25) is 9.59 Å². The van der Waals surface area contributed by atoms with Gasteiger partial charge in [0.2, 0.25) is 0 Å². The molecule has 3 N–H and O–H groups in total. The van der Waals surface area contributed by atoms with Crippen LogP contribution in [0.15, 0.2) is 27.9 Å². The van der Waals surface area contributed by atoms with E-state index >= 15 is 0 Å². The van der Waals surface area contributed by atoms with Gasteiger partial charge in [0.25, 0.3) is 0 Å². The van der Waals surface area contributed by atoms with Crippen molar-refractivity contribution in [1.82, 2.24) is 5.43 Å². The first-order chi connectivity index (χ1) is 6.61. The third-order valence-electron chi connectivity index (χ3n) is 1.43. The maximum atomic E-state index is 10.7. The number of hydrogen-bond acceptors (Lipinski definition) is 4. The van der Waals surface area contributed by atoms with Gasteiger partial charge in [0, 0.05) is 0 Å². The fourth-order valence-electron chi connectivity index (χ4n) is 0.729. The minimum absolute atomic E-state index is 0.449. The monoisotopic (exact) mass is 195 g/mol. The van der Waals surface area contributed by atoms with Crippen molar-refractivity contribution >= 4 is 17.5 Å².